The molecule has 1 aromatic carbocycles. The summed E-state index contributed by atoms with van der Waals surface area (Å²) in [6, 6.07) is 9.58. The van der Waals surface area contributed by atoms with Gasteiger partial charge in [-0.05, 0) is 19.1 Å². The van der Waals surface area contributed by atoms with Crippen molar-refractivity contribution in [2.45, 2.75) is 6.92 Å². The van der Waals surface area contributed by atoms with E-state index in [1.165, 1.54) is 4.68 Å². The van der Waals surface area contributed by atoms with E-state index >= 15 is 0 Å². The zero-order valence-electron chi connectivity index (χ0n) is 14.4. The number of piperazine rings is 1. The van der Waals surface area contributed by atoms with E-state index in [4.69, 9.17) is 4.98 Å². The normalized spacial score (nSPS) is 15.0. The zero-order valence-corrected chi connectivity index (χ0v) is 14.4. The second-order valence-electron chi connectivity index (χ2n) is 6.27. The lowest BCUT2D eigenvalue weighted by Crippen LogP contribution is -2.47. The molecule has 0 N–H and O–H groups in total. The lowest BCUT2D eigenvalue weighted by molar-refractivity contribution is 0.636. The fourth-order valence-electron chi connectivity index (χ4n) is 3.19. The number of aryl methyl sites for hydroxylation is 2. The van der Waals surface area contributed by atoms with Crippen molar-refractivity contribution < 1.29 is 0 Å². The molecule has 0 bridgehead atoms. The highest BCUT2D eigenvalue weighted by Crippen LogP contribution is 2.22. The average molecular weight is 336 g/mol. The number of nitrogens with zero attached hydrogens (tertiary/aromatic N) is 6. The third-order valence-electron chi connectivity index (χ3n) is 4.62. The number of fused-ring (bicyclic) bond motifs is 1. The van der Waals surface area contributed by atoms with Crippen LogP contribution in [0.3, 0.4) is 0 Å². The van der Waals surface area contributed by atoms with Gasteiger partial charge in [0.2, 0.25) is 0 Å². The van der Waals surface area contributed by atoms with E-state index in [9.17, 15) is 4.79 Å². The Morgan fingerprint density at radius 3 is 2.28 bits per heavy atom. The SMILES string of the molecule is Cc1nc2ccccc2nc1N1CCN(c2cnn(C)c(=O)c2)CC1. The maximum Gasteiger partial charge on any atom is 0.268 e. The highest BCUT2D eigenvalue weighted by molar-refractivity contribution is 5.76. The van der Waals surface area contributed by atoms with Crippen LogP contribution in [0.15, 0.2) is 41.3 Å². The molecule has 128 valence electrons. The molecule has 4 rings (SSSR count). The number of hydrogen-bond acceptors (Lipinski definition) is 6. The Balaban J connectivity index is 1.54. The highest BCUT2D eigenvalue weighted by atomic mass is 16.1. The summed E-state index contributed by atoms with van der Waals surface area (Å²) in [7, 11) is 1.66. The molecule has 0 aliphatic carbocycles. The van der Waals surface area contributed by atoms with Crippen molar-refractivity contribution >= 4 is 22.5 Å². The highest BCUT2D eigenvalue weighted by Gasteiger charge is 2.21. The molecule has 1 saturated heterocycles. The first kappa shape index (κ1) is 15.6. The van der Waals surface area contributed by atoms with E-state index in [0.29, 0.717) is 0 Å². The Morgan fingerprint density at radius 2 is 1.60 bits per heavy atom. The molecular weight excluding hydrogens is 316 g/mol. The molecule has 1 aliphatic rings. The largest absolute Gasteiger partial charge is 0.367 e. The fraction of sp³-hybridized carbons (Fsp3) is 0.333. The lowest BCUT2D eigenvalue weighted by Gasteiger charge is -2.36. The van der Waals surface area contributed by atoms with Gasteiger partial charge in [0, 0.05) is 39.3 Å². The molecular formula is C18H20N6O. The van der Waals surface area contributed by atoms with Gasteiger partial charge in [0.05, 0.1) is 28.6 Å². The van der Waals surface area contributed by atoms with Gasteiger partial charge in [-0.25, -0.2) is 14.6 Å². The van der Waals surface area contributed by atoms with Gasteiger partial charge in [-0.1, -0.05) is 12.1 Å². The summed E-state index contributed by atoms with van der Waals surface area (Å²) in [6.07, 6.45) is 1.75. The topological polar surface area (TPSA) is 67.2 Å². The van der Waals surface area contributed by atoms with Gasteiger partial charge >= 0.3 is 0 Å². The average Bonchev–Trinajstić information content (AvgIpc) is 2.64. The first-order valence-electron chi connectivity index (χ1n) is 8.38. The number of hydrogen-bond donors (Lipinski definition) is 0. The van der Waals surface area contributed by atoms with Crippen molar-refractivity contribution in [3.8, 4) is 0 Å². The Morgan fingerprint density at radius 1 is 0.960 bits per heavy atom. The van der Waals surface area contributed by atoms with Crippen LogP contribution in [0.4, 0.5) is 11.5 Å². The van der Waals surface area contributed by atoms with Gasteiger partial charge in [-0.2, -0.15) is 5.10 Å². The maximum atomic E-state index is 11.8. The monoisotopic (exact) mass is 336 g/mol. The van der Waals surface area contributed by atoms with Crippen molar-refractivity contribution in [2.24, 2.45) is 7.05 Å². The summed E-state index contributed by atoms with van der Waals surface area (Å²) in [5.41, 5.74) is 3.58. The molecule has 0 spiro atoms. The molecule has 3 heterocycles. The summed E-state index contributed by atoms with van der Waals surface area (Å²) in [4.78, 5) is 25.7. The number of para-hydroxylation sites is 2. The van der Waals surface area contributed by atoms with Crippen LogP contribution >= 0.6 is 0 Å². The Kier molecular flexibility index (Phi) is 3.83. The van der Waals surface area contributed by atoms with E-state index in [-0.39, 0.29) is 5.56 Å². The van der Waals surface area contributed by atoms with Crippen LogP contribution in [-0.4, -0.2) is 45.9 Å². The first-order valence-corrected chi connectivity index (χ1v) is 8.38. The van der Waals surface area contributed by atoms with Crippen LogP contribution in [0.5, 0.6) is 0 Å². The van der Waals surface area contributed by atoms with Crippen LogP contribution in [0.2, 0.25) is 0 Å². The van der Waals surface area contributed by atoms with Gasteiger partial charge in [-0.15, -0.1) is 0 Å². The third kappa shape index (κ3) is 2.93. The molecule has 3 aromatic rings. The molecule has 0 amide bonds. The zero-order chi connectivity index (χ0) is 17.4. The standard InChI is InChI=1S/C18H20N6O/c1-13-18(21-16-6-4-3-5-15(16)20-13)24-9-7-23(8-10-24)14-11-17(25)22(2)19-12-14/h3-6,11-12H,7-10H2,1-2H3. The Labute approximate surface area is 145 Å². The summed E-state index contributed by atoms with van der Waals surface area (Å²) >= 11 is 0. The molecule has 0 unspecified atom stereocenters. The summed E-state index contributed by atoms with van der Waals surface area (Å²) in [6.45, 7) is 5.32. The first-order chi connectivity index (χ1) is 12.1. The van der Waals surface area contributed by atoms with Gasteiger partial charge < -0.3 is 9.80 Å². The number of aromatic nitrogens is 4. The van der Waals surface area contributed by atoms with Crippen LogP contribution in [-0.2, 0) is 7.05 Å². The lowest BCUT2D eigenvalue weighted by atomic mass is 10.2. The van der Waals surface area contributed by atoms with Gasteiger partial charge in [0.15, 0.2) is 5.82 Å². The van der Waals surface area contributed by atoms with Gasteiger partial charge in [-0.3, -0.25) is 4.79 Å². The predicted octanol–water partition coefficient (Wildman–Crippen LogP) is 1.36. The molecule has 7 heteroatoms. The fourth-order valence-corrected chi connectivity index (χ4v) is 3.19. The second kappa shape index (κ2) is 6.16. The molecule has 2 aromatic heterocycles. The van der Waals surface area contributed by atoms with Crippen molar-refractivity contribution in [2.75, 3.05) is 36.0 Å². The third-order valence-corrected chi connectivity index (χ3v) is 4.62. The minimum absolute atomic E-state index is 0.0869. The van der Waals surface area contributed by atoms with Crippen molar-refractivity contribution in [3.63, 3.8) is 0 Å². The Hall–Kier alpha value is -2.96. The number of rotatable bonds is 2. The molecule has 7 nitrogen and oxygen atoms in total. The van der Waals surface area contributed by atoms with Gasteiger partial charge in [0.25, 0.3) is 5.56 Å². The summed E-state index contributed by atoms with van der Waals surface area (Å²) in [5, 5.41) is 4.11. The predicted molar refractivity (Wildman–Crippen MR) is 98.2 cm³/mol. The quantitative estimate of drug-likeness (QED) is 0.704. The molecule has 1 aliphatic heterocycles. The number of benzene rings is 1. The van der Waals surface area contributed by atoms with E-state index in [0.717, 1.165) is 54.4 Å². The van der Waals surface area contributed by atoms with Crippen LogP contribution < -0.4 is 15.4 Å². The van der Waals surface area contributed by atoms with Crippen molar-refractivity contribution in [3.05, 3.63) is 52.6 Å². The second-order valence-corrected chi connectivity index (χ2v) is 6.27. The molecule has 0 saturated carbocycles. The summed E-state index contributed by atoms with van der Waals surface area (Å²) < 4.78 is 1.34. The van der Waals surface area contributed by atoms with Crippen LogP contribution in [0.25, 0.3) is 11.0 Å². The molecule has 0 radical (unpaired) electrons. The maximum absolute atomic E-state index is 11.8. The minimum Gasteiger partial charge on any atom is -0.367 e. The van der Waals surface area contributed by atoms with Crippen molar-refractivity contribution in [1.29, 1.82) is 0 Å². The van der Waals surface area contributed by atoms with E-state index in [1.807, 2.05) is 31.2 Å². The number of anilines is 2. The summed E-state index contributed by atoms with van der Waals surface area (Å²) in [5.74, 6) is 0.945. The molecule has 1 fully saturated rings. The van der Waals surface area contributed by atoms with E-state index in [1.54, 1.807) is 19.3 Å². The van der Waals surface area contributed by atoms with Crippen LogP contribution in [0, 0.1) is 6.92 Å². The van der Waals surface area contributed by atoms with Crippen molar-refractivity contribution in [1.82, 2.24) is 19.7 Å². The van der Waals surface area contributed by atoms with E-state index < -0.39 is 0 Å². The molecule has 25 heavy (non-hydrogen) atoms. The van der Waals surface area contributed by atoms with E-state index in [2.05, 4.69) is 19.9 Å². The molecule has 0 atom stereocenters. The Bertz CT molecular complexity index is 975. The van der Waals surface area contributed by atoms with Gasteiger partial charge in [0.1, 0.15) is 0 Å². The minimum atomic E-state index is -0.0869. The van der Waals surface area contributed by atoms with Crippen LogP contribution in [0.1, 0.15) is 5.69 Å². The smallest absolute Gasteiger partial charge is 0.268 e.